The van der Waals surface area contributed by atoms with Gasteiger partial charge < -0.3 is 5.73 Å². The Morgan fingerprint density at radius 1 is 1.32 bits per heavy atom. The van der Waals surface area contributed by atoms with Crippen LogP contribution in [-0.2, 0) is 10.0 Å². The number of nitrogens with zero attached hydrogens (tertiary/aromatic N) is 1. The molecule has 19 heavy (non-hydrogen) atoms. The number of nitrogen functional groups attached to an aromatic ring is 1. The molecule has 0 saturated carbocycles. The monoisotopic (exact) mass is 292 g/mol. The van der Waals surface area contributed by atoms with Gasteiger partial charge >= 0.3 is 0 Å². The van der Waals surface area contributed by atoms with Crippen molar-refractivity contribution >= 4 is 15.7 Å². The predicted molar refractivity (Wildman–Crippen MR) is 70.0 cm³/mol. The van der Waals surface area contributed by atoms with Crippen LogP contribution in [0.2, 0.25) is 0 Å². The number of sulfonamides is 1. The molecule has 0 fully saturated rings. The summed E-state index contributed by atoms with van der Waals surface area (Å²) in [6, 6.07) is 1.74. The third-order valence-corrected chi connectivity index (χ3v) is 4.68. The van der Waals surface area contributed by atoms with E-state index in [1.807, 2.05) is 13.8 Å². The average Bonchev–Trinajstić information content (AvgIpc) is 2.32. The van der Waals surface area contributed by atoms with Crippen LogP contribution in [0.3, 0.4) is 0 Å². The standard InChI is InChI=1S/C12H18F2N2O2S/c1-8(2)6-7-16(3)19(17,18)10-5-4-9(13)12(15)11(10)14/h4-5,8H,6-7,15H2,1-3H3. The van der Waals surface area contributed by atoms with Gasteiger partial charge in [0.2, 0.25) is 10.0 Å². The Labute approximate surface area is 112 Å². The first kappa shape index (κ1) is 15.8. The van der Waals surface area contributed by atoms with Gasteiger partial charge in [-0.05, 0) is 24.5 Å². The van der Waals surface area contributed by atoms with E-state index < -0.39 is 32.2 Å². The van der Waals surface area contributed by atoms with Gasteiger partial charge in [0.15, 0.2) is 5.82 Å². The normalized spacial score (nSPS) is 12.4. The van der Waals surface area contributed by atoms with Crippen LogP contribution in [0.15, 0.2) is 17.0 Å². The maximum Gasteiger partial charge on any atom is 0.245 e. The lowest BCUT2D eigenvalue weighted by Crippen LogP contribution is -2.29. The molecule has 108 valence electrons. The highest BCUT2D eigenvalue weighted by Gasteiger charge is 2.26. The lowest BCUT2D eigenvalue weighted by molar-refractivity contribution is 0.424. The van der Waals surface area contributed by atoms with E-state index in [4.69, 9.17) is 5.73 Å². The Morgan fingerprint density at radius 3 is 2.42 bits per heavy atom. The second kappa shape index (κ2) is 5.83. The van der Waals surface area contributed by atoms with Crippen LogP contribution in [0.25, 0.3) is 0 Å². The smallest absolute Gasteiger partial charge is 0.245 e. The molecular weight excluding hydrogens is 274 g/mol. The molecule has 4 nitrogen and oxygen atoms in total. The summed E-state index contributed by atoms with van der Waals surface area (Å²) < 4.78 is 52.1. The van der Waals surface area contributed by atoms with Crippen molar-refractivity contribution in [3.63, 3.8) is 0 Å². The van der Waals surface area contributed by atoms with Crippen LogP contribution in [0.5, 0.6) is 0 Å². The quantitative estimate of drug-likeness (QED) is 0.846. The number of nitrogens with two attached hydrogens (primary N) is 1. The summed E-state index contributed by atoms with van der Waals surface area (Å²) >= 11 is 0. The number of hydrogen-bond donors (Lipinski definition) is 1. The molecule has 0 saturated heterocycles. The number of benzene rings is 1. The van der Waals surface area contributed by atoms with E-state index in [-0.39, 0.29) is 6.54 Å². The van der Waals surface area contributed by atoms with Crippen molar-refractivity contribution in [3.05, 3.63) is 23.8 Å². The van der Waals surface area contributed by atoms with Gasteiger partial charge in [0, 0.05) is 13.6 Å². The summed E-state index contributed by atoms with van der Waals surface area (Å²) in [6.45, 7) is 4.17. The summed E-state index contributed by atoms with van der Waals surface area (Å²) in [5.41, 5.74) is 4.39. The van der Waals surface area contributed by atoms with Gasteiger partial charge in [0.05, 0.1) is 0 Å². The summed E-state index contributed by atoms with van der Waals surface area (Å²) in [7, 11) is -2.64. The SMILES string of the molecule is CC(C)CCN(C)S(=O)(=O)c1ccc(F)c(N)c1F. The molecule has 1 aromatic rings. The topological polar surface area (TPSA) is 63.4 Å². The first-order valence-electron chi connectivity index (χ1n) is 5.87. The molecule has 0 aliphatic rings. The first-order valence-corrected chi connectivity index (χ1v) is 7.31. The van der Waals surface area contributed by atoms with Gasteiger partial charge in [-0.15, -0.1) is 0 Å². The molecule has 0 heterocycles. The van der Waals surface area contributed by atoms with Crippen molar-refractivity contribution in [3.8, 4) is 0 Å². The Kier molecular flexibility index (Phi) is 4.86. The molecule has 1 rings (SSSR count). The number of rotatable bonds is 5. The molecule has 0 bridgehead atoms. The second-order valence-corrected chi connectivity index (χ2v) is 6.80. The summed E-state index contributed by atoms with van der Waals surface area (Å²) in [5, 5.41) is 0. The lowest BCUT2D eigenvalue weighted by atomic mass is 10.1. The van der Waals surface area contributed by atoms with Gasteiger partial charge in [-0.2, -0.15) is 0 Å². The highest BCUT2D eigenvalue weighted by molar-refractivity contribution is 7.89. The molecule has 0 aliphatic heterocycles. The fraction of sp³-hybridized carbons (Fsp3) is 0.500. The van der Waals surface area contributed by atoms with Crippen molar-refractivity contribution in [1.29, 1.82) is 0 Å². The molecule has 0 amide bonds. The maximum atomic E-state index is 13.7. The molecule has 0 aliphatic carbocycles. The van der Waals surface area contributed by atoms with E-state index in [0.29, 0.717) is 12.3 Å². The number of anilines is 1. The Hall–Kier alpha value is -1.21. The van der Waals surface area contributed by atoms with Crippen LogP contribution < -0.4 is 5.73 Å². The Morgan fingerprint density at radius 2 is 1.89 bits per heavy atom. The highest BCUT2D eigenvalue weighted by atomic mass is 32.2. The Bertz CT molecular complexity index is 559. The largest absolute Gasteiger partial charge is 0.394 e. The van der Waals surface area contributed by atoms with Crippen molar-refractivity contribution in [2.45, 2.75) is 25.2 Å². The van der Waals surface area contributed by atoms with Crippen LogP contribution in [0.1, 0.15) is 20.3 Å². The van der Waals surface area contributed by atoms with Crippen LogP contribution in [0, 0.1) is 17.6 Å². The van der Waals surface area contributed by atoms with Crippen LogP contribution in [0.4, 0.5) is 14.5 Å². The van der Waals surface area contributed by atoms with Gasteiger partial charge in [0.1, 0.15) is 16.4 Å². The van der Waals surface area contributed by atoms with Gasteiger partial charge in [-0.25, -0.2) is 21.5 Å². The molecular formula is C12H18F2N2O2S. The van der Waals surface area contributed by atoms with E-state index in [1.165, 1.54) is 7.05 Å². The first-order chi connectivity index (χ1) is 8.67. The summed E-state index contributed by atoms with van der Waals surface area (Å²) in [5.74, 6) is -1.89. The molecule has 0 unspecified atom stereocenters. The van der Waals surface area contributed by atoms with E-state index in [9.17, 15) is 17.2 Å². The van der Waals surface area contributed by atoms with Gasteiger partial charge in [-0.1, -0.05) is 13.8 Å². The third kappa shape index (κ3) is 3.42. The van der Waals surface area contributed by atoms with E-state index in [1.54, 1.807) is 0 Å². The molecule has 0 radical (unpaired) electrons. The zero-order valence-electron chi connectivity index (χ0n) is 11.2. The number of hydrogen-bond acceptors (Lipinski definition) is 3. The lowest BCUT2D eigenvalue weighted by Gasteiger charge is -2.19. The fourth-order valence-corrected chi connectivity index (χ4v) is 2.73. The zero-order chi connectivity index (χ0) is 14.8. The zero-order valence-corrected chi connectivity index (χ0v) is 12.0. The van der Waals surface area contributed by atoms with Crippen molar-refractivity contribution < 1.29 is 17.2 Å². The molecule has 2 N–H and O–H groups in total. The third-order valence-electron chi connectivity index (χ3n) is 2.80. The average molecular weight is 292 g/mol. The van der Waals surface area contributed by atoms with Gasteiger partial charge in [-0.3, -0.25) is 0 Å². The van der Waals surface area contributed by atoms with Gasteiger partial charge in [0.25, 0.3) is 0 Å². The van der Waals surface area contributed by atoms with Crippen LogP contribution >= 0.6 is 0 Å². The van der Waals surface area contributed by atoms with Crippen molar-refractivity contribution in [2.75, 3.05) is 19.3 Å². The minimum atomic E-state index is -3.99. The molecule has 0 aromatic heterocycles. The summed E-state index contributed by atoms with van der Waals surface area (Å²) in [4.78, 5) is -0.599. The predicted octanol–water partition coefficient (Wildman–Crippen LogP) is 2.21. The maximum absolute atomic E-state index is 13.7. The summed E-state index contributed by atoms with van der Waals surface area (Å²) in [6.07, 6.45) is 0.647. The minimum absolute atomic E-state index is 0.261. The molecule has 0 atom stereocenters. The minimum Gasteiger partial charge on any atom is -0.394 e. The van der Waals surface area contributed by atoms with Crippen molar-refractivity contribution in [1.82, 2.24) is 4.31 Å². The highest BCUT2D eigenvalue weighted by Crippen LogP contribution is 2.25. The fourth-order valence-electron chi connectivity index (χ4n) is 1.48. The molecule has 7 heteroatoms. The van der Waals surface area contributed by atoms with E-state index in [2.05, 4.69) is 0 Å². The second-order valence-electron chi connectivity index (χ2n) is 4.78. The van der Waals surface area contributed by atoms with E-state index in [0.717, 1.165) is 16.4 Å². The number of halogens is 2. The van der Waals surface area contributed by atoms with Crippen LogP contribution in [-0.4, -0.2) is 26.3 Å². The Balaban J connectivity index is 3.10. The van der Waals surface area contributed by atoms with E-state index >= 15 is 0 Å². The van der Waals surface area contributed by atoms with Crippen molar-refractivity contribution in [2.24, 2.45) is 5.92 Å². The molecule has 0 spiro atoms. The molecule has 1 aromatic carbocycles.